The fourth-order valence-corrected chi connectivity index (χ4v) is 1.99. The highest BCUT2D eigenvalue weighted by Gasteiger charge is 1.92. The number of benzene rings is 2. The van der Waals surface area contributed by atoms with Crippen LogP contribution < -0.4 is 10.7 Å². The Kier molecular flexibility index (Phi) is 5.35. The van der Waals surface area contributed by atoms with Gasteiger partial charge >= 0.3 is 0 Å². The molecule has 2 N–H and O–H groups in total. The average Bonchev–Trinajstić information content (AvgIpc) is 2.43. The van der Waals surface area contributed by atoms with Crippen molar-refractivity contribution in [2.24, 2.45) is 5.10 Å². The van der Waals surface area contributed by atoms with Crippen molar-refractivity contribution >= 4 is 34.5 Å². The maximum absolute atomic E-state index is 4.22. The van der Waals surface area contributed by atoms with Crippen molar-refractivity contribution in [1.29, 1.82) is 0 Å². The highest BCUT2D eigenvalue weighted by Crippen LogP contribution is 2.11. The Labute approximate surface area is 127 Å². The predicted molar refractivity (Wildman–Crippen MR) is 89.6 cm³/mol. The number of hydrogen-bond acceptors (Lipinski definition) is 3. The van der Waals surface area contributed by atoms with E-state index in [0.717, 1.165) is 17.8 Å². The third-order valence-electron chi connectivity index (χ3n) is 2.61. The monoisotopic (exact) mass is 365 g/mol. The molecule has 0 aliphatic rings. The van der Waals surface area contributed by atoms with Gasteiger partial charge in [-0.1, -0.05) is 24.3 Å². The molecule has 0 atom stereocenters. The van der Waals surface area contributed by atoms with Gasteiger partial charge in [0.1, 0.15) is 0 Å². The molecule has 0 fully saturated rings. The summed E-state index contributed by atoms with van der Waals surface area (Å²) in [7, 11) is 1.94. The molecule has 4 heteroatoms. The van der Waals surface area contributed by atoms with Gasteiger partial charge in [0.25, 0.3) is 0 Å². The zero-order chi connectivity index (χ0) is 13.5. The molecule has 3 nitrogen and oxygen atoms in total. The summed E-state index contributed by atoms with van der Waals surface area (Å²) in [6, 6.07) is 16.4. The lowest BCUT2D eigenvalue weighted by molar-refractivity contribution is 0.818. The van der Waals surface area contributed by atoms with Gasteiger partial charge in [-0.25, -0.2) is 0 Å². The van der Waals surface area contributed by atoms with Crippen LogP contribution in [0.15, 0.2) is 53.6 Å². The SMILES string of the molecule is CNCc1ccc(/C=N/Nc2ccc(I)cc2)cc1. The molecule has 0 saturated heterocycles. The number of hydrazone groups is 1. The van der Waals surface area contributed by atoms with Crippen molar-refractivity contribution in [3.05, 3.63) is 63.2 Å². The summed E-state index contributed by atoms with van der Waals surface area (Å²) in [6.07, 6.45) is 1.82. The molecule has 19 heavy (non-hydrogen) atoms. The molecule has 0 aromatic heterocycles. The molecule has 0 spiro atoms. The minimum atomic E-state index is 0.887. The molecule has 0 aliphatic carbocycles. The quantitative estimate of drug-likeness (QED) is 0.484. The predicted octanol–water partition coefficient (Wildman–Crippen LogP) is 3.46. The maximum atomic E-state index is 4.22. The Morgan fingerprint density at radius 1 is 1.05 bits per heavy atom. The van der Waals surface area contributed by atoms with Crippen LogP contribution in [0.2, 0.25) is 0 Å². The van der Waals surface area contributed by atoms with Crippen molar-refractivity contribution < 1.29 is 0 Å². The molecule has 2 rings (SSSR count). The minimum Gasteiger partial charge on any atom is -0.316 e. The highest BCUT2D eigenvalue weighted by atomic mass is 127. The number of halogens is 1. The van der Waals surface area contributed by atoms with Crippen LogP contribution in [0.4, 0.5) is 5.69 Å². The van der Waals surface area contributed by atoms with E-state index in [4.69, 9.17) is 0 Å². The van der Waals surface area contributed by atoms with Crippen molar-refractivity contribution in [3.8, 4) is 0 Å². The smallest absolute Gasteiger partial charge is 0.0562 e. The zero-order valence-corrected chi connectivity index (χ0v) is 12.9. The molecular formula is C15H16IN3. The van der Waals surface area contributed by atoms with E-state index in [-0.39, 0.29) is 0 Å². The summed E-state index contributed by atoms with van der Waals surface area (Å²) in [5.41, 5.74) is 6.35. The van der Waals surface area contributed by atoms with E-state index in [1.165, 1.54) is 9.13 Å². The van der Waals surface area contributed by atoms with Gasteiger partial charge in [-0.05, 0) is 65.0 Å². The fraction of sp³-hybridized carbons (Fsp3) is 0.133. The van der Waals surface area contributed by atoms with Crippen LogP contribution in [-0.4, -0.2) is 13.3 Å². The Bertz CT molecular complexity index is 532. The molecule has 0 amide bonds. The third-order valence-corrected chi connectivity index (χ3v) is 3.33. The molecule has 98 valence electrons. The van der Waals surface area contributed by atoms with Gasteiger partial charge in [0.2, 0.25) is 0 Å². The van der Waals surface area contributed by atoms with E-state index < -0.39 is 0 Å². The Balaban J connectivity index is 1.93. The van der Waals surface area contributed by atoms with E-state index in [2.05, 4.69) is 62.7 Å². The third kappa shape index (κ3) is 4.65. The van der Waals surface area contributed by atoms with Gasteiger partial charge in [0, 0.05) is 10.1 Å². The Morgan fingerprint density at radius 3 is 2.37 bits per heavy atom. The number of nitrogens with zero attached hydrogens (tertiary/aromatic N) is 1. The van der Waals surface area contributed by atoms with Gasteiger partial charge in [-0.15, -0.1) is 0 Å². The number of nitrogens with one attached hydrogen (secondary N) is 2. The number of anilines is 1. The van der Waals surface area contributed by atoms with Crippen LogP contribution in [-0.2, 0) is 6.54 Å². The zero-order valence-electron chi connectivity index (χ0n) is 10.7. The van der Waals surface area contributed by atoms with Crippen LogP contribution in [0.25, 0.3) is 0 Å². The molecule has 0 unspecified atom stereocenters. The van der Waals surface area contributed by atoms with Crippen LogP contribution in [0, 0.1) is 3.57 Å². The Hall–Kier alpha value is -1.40. The van der Waals surface area contributed by atoms with E-state index >= 15 is 0 Å². The molecule has 0 heterocycles. The van der Waals surface area contributed by atoms with Crippen LogP contribution in [0.5, 0.6) is 0 Å². The molecular weight excluding hydrogens is 349 g/mol. The van der Waals surface area contributed by atoms with Crippen LogP contribution >= 0.6 is 22.6 Å². The molecule has 0 bridgehead atoms. The molecule has 2 aromatic rings. The van der Waals surface area contributed by atoms with E-state index in [9.17, 15) is 0 Å². The van der Waals surface area contributed by atoms with Gasteiger partial charge in [0.15, 0.2) is 0 Å². The van der Waals surface area contributed by atoms with Gasteiger partial charge in [-0.2, -0.15) is 5.10 Å². The van der Waals surface area contributed by atoms with Gasteiger partial charge in [0.05, 0.1) is 11.9 Å². The lowest BCUT2D eigenvalue weighted by Gasteiger charge is -2.01. The molecule has 0 radical (unpaired) electrons. The standard InChI is InChI=1S/C15H16IN3/c1-17-10-12-2-4-13(5-3-12)11-18-19-15-8-6-14(16)7-9-15/h2-9,11,17,19H,10H2,1H3/b18-11+. The first-order valence-electron chi connectivity index (χ1n) is 6.06. The summed E-state index contributed by atoms with van der Waals surface area (Å²) in [6.45, 7) is 0.887. The normalized spacial score (nSPS) is 10.8. The second-order valence-electron chi connectivity index (χ2n) is 4.15. The van der Waals surface area contributed by atoms with Gasteiger partial charge in [-0.3, -0.25) is 5.43 Å². The second-order valence-corrected chi connectivity index (χ2v) is 5.39. The topological polar surface area (TPSA) is 36.4 Å². The van der Waals surface area contributed by atoms with Crippen LogP contribution in [0.1, 0.15) is 11.1 Å². The van der Waals surface area contributed by atoms with Crippen molar-refractivity contribution in [2.45, 2.75) is 6.54 Å². The summed E-state index contributed by atoms with van der Waals surface area (Å²) in [5.74, 6) is 0. The Morgan fingerprint density at radius 2 is 1.74 bits per heavy atom. The van der Waals surface area contributed by atoms with E-state index in [0.29, 0.717) is 0 Å². The molecule has 2 aromatic carbocycles. The highest BCUT2D eigenvalue weighted by molar-refractivity contribution is 14.1. The summed E-state index contributed by atoms with van der Waals surface area (Å²) >= 11 is 2.28. The first-order chi connectivity index (χ1) is 9.28. The lowest BCUT2D eigenvalue weighted by atomic mass is 10.1. The number of rotatable bonds is 5. The summed E-state index contributed by atoms with van der Waals surface area (Å²) in [5, 5.41) is 7.35. The molecule has 0 aliphatic heterocycles. The summed E-state index contributed by atoms with van der Waals surface area (Å²) in [4.78, 5) is 0. The van der Waals surface area contributed by atoms with Gasteiger partial charge < -0.3 is 5.32 Å². The lowest BCUT2D eigenvalue weighted by Crippen LogP contribution is -2.04. The first-order valence-corrected chi connectivity index (χ1v) is 7.14. The minimum absolute atomic E-state index is 0.887. The number of hydrogen-bond donors (Lipinski definition) is 2. The van der Waals surface area contributed by atoms with E-state index in [1.807, 2.05) is 37.5 Å². The van der Waals surface area contributed by atoms with E-state index in [1.54, 1.807) is 0 Å². The summed E-state index contributed by atoms with van der Waals surface area (Å²) < 4.78 is 1.22. The molecule has 0 saturated carbocycles. The second kappa shape index (κ2) is 7.25. The van der Waals surface area contributed by atoms with Crippen molar-refractivity contribution in [1.82, 2.24) is 5.32 Å². The maximum Gasteiger partial charge on any atom is 0.0562 e. The average molecular weight is 365 g/mol. The fourth-order valence-electron chi connectivity index (χ4n) is 1.63. The first kappa shape index (κ1) is 14.0. The van der Waals surface area contributed by atoms with Crippen molar-refractivity contribution in [2.75, 3.05) is 12.5 Å². The van der Waals surface area contributed by atoms with Crippen LogP contribution in [0.3, 0.4) is 0 Å². The van der Waals surface area contributed by atoms with Crippen molar-refractivity contribution in [3.63, 3.8) is 0 Å². The largest absolute Gasteiger partial charge is 0.316 e.